The monoisotopic (exact) mass is 338 g/mol. The SMILES string of the molecule is Cc1cc(NCCc2cncn2C)nc(-c2cccc([N+](=O)[O-])c2)n1. The lowest BCUT2D eigenvalue weighted by Gasteiger charge is -2.09. The van der Waals surface area contributed by atoms with Crippen LogP contribution >= 0.6 is 0 Å². The van der Waals surface area contributed by atoms with Crippen molar-refractivity contribution < 1.29 is 4.92 Å². The predicted molar refractivity (Wildman–Crippen MR) is 94.3 cm³/mol. The number of hydrogen-bond acceptors (Lipinski definition) is 6. The fourth-order valence-electron chi connectivity index (χ4n) is 2.49. The summed E-state index contributed by atoms with van der Waals surface area (Å²) < 4.78 is 1.97. The molecule has 0 spiro atoms. The molecule has 2 heterocycles. The number of hydrogen-bond donors (Lipinski definition) is 1. The molecule has 8 heteroatoms. The van der Waals surface area contributed by atoms with Crippen LogP contribution in [-0.2, 0) is 13.5 Å². The quantitative estimate of drug-likeness (QED) is 0.548. The van der Waals surface area contributed by atoms with Crippen LogP contribution in [0, 0.1) is 17.0 Å². The number of nitro groups is 1. The molecule has 0 aliphatic rings. The van der Waals surface area contributed by atoms with Gasteiger partial charge in [0.1, 0.15) is 5.82 Å². The van der Waals surface area contributed by atoms with Gasteiger partial charge in [0.05, 0.1) is 11.3 Å². The molecule has 0 amide bonds. The van der Waals surface area contributed by atoms with E-state index in [0.717, 1.165) is 17.8 Å². The predicted octanol–water partition coefficient (Wildman–Crippen LogP) is 2.75. The largest absolute Gasteiger partial charge is 0.370 e. The first-order valence-electron chi connectivity index (χ1n) is 7.82. The lowest BCUT2D eigenvalue weighted by molar-refractivity contribution is -0.384. The Morgan fingerprint density at radius 2 is 2.12 bits per heavy atom. The van der Waals surface area contributed by atoms with E-state index in [1.54, 1.807) is 18.5 Å². The van der Waals surface area contributed by atoms with E-state index >= 15 is 0 Å². The van der Waals surface area contributed by atoms with Crippen molar-refractivity contribution in [3.8, 4) is 11.4 Å². The van der Waals surface area contributed by atoms with Crippen LogP contribution in [0.3, 0.4) is 0 Å². The van der Waals surface area contributed by atoms with Crippen molar-refractivity contribution in [3.63, 3.8) is 0 Å². The fraction of sp³-hybridized carbons (Fsp3) is 0.235. The summed E-state index contributed by atoms with van der Waals surface area (Å²) in [5.41, 5.74) is 2.55. The van der Waals surface area contributed by atoms with E-state index in [1.807, 2.05) is 30.8 Å². The second-order valence-electron chi connectivity index (χ2n) is 5.70. The third kappa shape index (κ3) is 3.97. The molecule has 0 fully saturated rings. The minimum Gasteiger partial charge on any atom is -0.370 e. The molecule has 25 heavy (non-hydrogen) atoms. The van der Waals surface area contributed by atoms with Gasteiger partial charge >= 0.3 is 0 Å². The first-order valence-corrected chi connectivity index (χ1v) is 7.82. The molecule has 0 radical (unpaired) electrons. The number of anilines is 1. The van der Waals surface area contributed by atoms with Gasteiger partial charge in [-0.1, -0.05) is 12.1 Å². The van der Waals surface area contributed by atoms with E-state index in [9.17, 15) is 10.1 Å². The van der Waals surface area contributed by atoms with Gasteiger partial charge in [-0.3, -0.25) is 10.1 Å². The average molecular weight is 338 g/mol. The summed E-state index contributed by atoms with van der Waals surface area (Å²) in [7, 11) is 1.96. The van der Waals surface area contributed by atoms with Crippen LogP contribution in [0.1, 0.15) is 11.4 Å². The minimum absolute atomic E-state index is 0.0216. The Bertz CT molecular complexity index is 906. The van der Waals surface area contributed by atoms with Crippen LogP contribution in [0.5, 0.6) is 0 Å². The average Bonchev–Trinajstić information content (AvgIpc) is 3.00. The zero-order valence-electron chi connectivity index (χ0n) is 14.0. The van der Waals surface area contributed by atoms with E-state index < -0.39 is 4.92 Å². The second-order valence-corrected chi connectivity index (χ2v) is 5.70. The van der Waals surface area contributed by atoms with Gasteiger partial charge in [-0.2, -0.15) is 0 Å². The van der Waals surface area contributed by atoms with Gasteiger partial charge in [-0.15, -0.1) is 0 Å². The maximum absolute atomic E-state index is 10.9. The fourth-order valence-corrected chi connectivity index (χ4v) is 2.49. The Balaban J connectivity index is 1.77. The van der Waals surface area contributed by atoms with E-state index in [0.29, 0.717) is 23.8 Å². The van der Waals surface area contributed by atoms with E-state index in [2.05, 4.69) is 20.3 Å². The maximum atomic E-state index is 10.9. The highest BCUT2D eigenvalue weighted by Crippen LogP contribution is 2.22. The molecule has 3 rings (SSSR count). The highest BCUT2D eigenvalue weighted by atomic mass is 16.6. The van der Waals surface area contributed by atoms with Gasteiger partial charge in [0.2, 0.25) is 0 Å². The standard InChI is InChI=1S/C17H18N6O2/c1-12-8-16(19-7-6-15-10-18-11-22(15)2)21-17(20-12)13-4-3-5-14(9-13)23(24)25/h3-5,8-11H,6-7H2,1-2H3,(H,19,20,21). The van der Waals surface area contributed by atoms with Crippen molar-refractivity contribution in [1.82, 2.24) is 19.5 Å². The Morgan fingerprint density at radius 1 is 1.28 bits per heavy atom. The topological polar surface area (TPSA) is 98.8 Å². The number of aryl methyl sites for hydroxylation is 2. The molecule has 0 aliphatic carbocycles. The Hall–Kier alpha value is -3.29. The van der Waals surface area contributed by atoms with Gasteiger partial charge in [-0.05, 0) is 6.92 Å². The van der Waals surface area contributed by atoms with Crippen molar-refractivity contribution >= 4 is 11.5 Å². The molecular formula is C17H18N6O2. The molecule has 0 bridgehead atoms. The van der Waals surface area contributed by atoms with Crippen LogP contribution < -0.4 is 5.32 Å². The van der Waals surface area contributed by atoms with Gasteiger partial charge in [0.15, 0.2) is 5.82 Å². The summed E-state index contributed by atoms with van der Waals surface area (Å²) in [6.45, 7) is 2.57. The minimum atomic E-state index is -0.424. The number of non-ortho nitro benzene ring substituents is 1. The molecule has 0 atom stereocenters. The number of aromatic nitrogens is 4. The third-order valence-electron chi connectivity index (χ3n) is 3.77. The molecule has 1 N–H and O–H groups in total. The number of nitro benzene ring substituents is 1. The van der Waals surface area contributed by atoms with Crippen molar-refractivity contribution in [2.45, 2.75) is 13.3 Å². The lowest BCUT2D eigenvalue weighted by atomic mass is 10.2. The molecular weight excluding hydrogens is 320 g/mol. The maximum Gasteiger partial charge on any atom is 0.270 e. The van der Waals surface area contributed by atoms with Crippen molar-refractivity contribution in [2.75, 3.05) is 11.9 Å². The summed E-state index contributed by atoms with van der Waals surface area (Å²) >= 11 is 0. The molecule has 3 aromatic rings. The molecule has 0 unspecified atom stereocenters. The van der Waals surface area contributed by atoms with Gasteiger partial charge < -0.3 is 9.88 Å². The van der Waals surface area contributed by atoms with Crippen molar-refractivity contribution in [1.29, 1.82) is 0 Å². The lowest BCUT2D eigenvalue weighted by Crippen LogP contribution is -2.09. The van der Waals surface area contributed by atoms with Crippen LogP contribution in [0.25, 0.3) is 11.4 Å². The van der Waals surface area contributed by atoms with Crippen molar-refractivity contribution in [2.24, 2.45) is 7.05 Å². The molecule has 0 saturated heterocycles. The number of benzene rings is 1. The molecule has 2 aromatic heterocycles. The third-order valence-corrected chi connectivity index (χ3v) is 3.77. The zero-order valence-corrected chi connectivity index (χ0v) is 14.0. The Labute approximate surface area is 144 Å². The number of nitrogens with one attached hydrogen (secondary N) is 1. The van der Waals surface area contributed by atoms with Gasteiger partial charge in [0.25, 0.3) is 5.69 Å². The molecule has 0 aliphatic heterocycles. The summed E-state index contributed by atoms with van der Waals surface area (Å²) in [4.78, 5) is 23.5. The van der Waals surface area contributed by atoms with E-state index in [-0.39, 0.29) is 5.69 Å². The smallest absolute Gasteiger partial charge is 0.270 e. The molecule has 128 valence electrons. The molecule has 0 saturated carbocycles. The molecule has 1 aromatic carbocycles. The summed E-state index contributed by atoms with van der Waals surface area (Å²) in [6.07, 6.45) is 4.41. The first kappa shape index (κ1) is 16.6. The van der Waals surface area contributed by atoms with Crippen LogP contribution in [0.15, 0.2) is 42.9 Å². The number of imidazole rings is 1. The van der Waals surface area contributed by atoms with E-state index in [4.69, 9.17) is 0 Å². The molecule has 8 nitrogen and oxygen atoms in total. The highest BCUT2D eigenvalue weighted by Gasteiger charge is 2.10. The number of rotatable bonds is 6. The Morgan fingerprint density at radius 3 is 2.84 bits per heavy atom. The van der Waals surface area contributed by atoms with Crippen LogP contribution in [0.4, 0.5) is 11.5 Å². The Kier molecular flexibility index (Phi) is 4.69. The first-order chi connectivity index (χ1) is 12.0. The summed E-state index contributed by atoms with van der Waals surface area (Å²) in [6, 6.07) is 8.18. The van der Waals surface area contributed by atoms with E-state index in [1.165, 1.54) is 12.1 Å². The second kappa shape index (κ2) is 7.08. The normalized spacial score (nSPS) is 10.6. The summed E-state index contributed by atoms with van der Waals surface area (Å²) in [5.74, 6) is 1.16. The van der Waals surface area contributed by atoms with Crippen LogP contribution in [0.2, 0.25) is 0 Å². The van der Waals surface area contributed by atoms with Gasteiger partial charge in [0, 0.05) is 61.4 Å². The highest BCUT2D eigenvalue weighted by molar-refractivity contribution is 5.61. The van der Waals surface area contributed by atoms with Crippen LogP contribution in [-0.4, -0.2) is 31.0 Å². The summed E-state index contributed by atoms with van der Waals surface area (Å²) in [5, 5.41) is 14.2. The van der Waals surface area contributed by atoms with Gasteiger partial charge in [-0.25, -0.2) is 15.0 Å². The number of nitrogens with zero attached hydrogens (tertiary/aromatic N) is 5. The zero-order chi connectivity index (χ0) is 17.8. The van der Waals surface area contributed by atoms with Crippen molar-refractivity contribution in [3.05, 3.63) is 64.4 Å².